The topological polar surface area (TPSA) is 63.7 Å². The van der Waals surface area contributed by atoms with E-state index in [2.05, 4.69) is 0 Å². The molecule has 1 aliphatic heterocycles. The number of amides is 1. The van der Waals surface area contributed by atoms with E-state index < -0.39 is 5.60 Å². The Hall–Kier alpha value is -1.39. The van der Waals surface area contributed by atoms with Gasteiger partial charge in [0.05, 0.1) is 6.42 Å². The van der Waals surface area contributed by atoms with Crippen LogP contribution >= 0.6 is 0 Å². The zero-order chi connectivity index (χ0) is 15.5. The molecule has 114 valence electrons. The number of piperidine rings is 1. The van der Waals surface area contributed by atoms with Gasteiger partial charge in [-0.15, -0.1) is 0 Å². The fraction of sp³-hybridized carbons (Fsp3) is 0.800. The quantitative estimate of drug-likeness (QED) is 0.747. The van der Waals surface area contributed by atoms with Crippen molar-refractivity contribution in [3.8, 4) is 0 Å². The van der Waals surface area contributed by atoms with Crippen LogP contribution in [0.5, 0.6) is 0 Å². The highest BCUT2D eigenvalue weighted by atomic mass is 16.6. The Labute approximate surface area is 120 Å². The number of nitrogens with zero attached hydrogens (tertiary/aromatic N) is 1. The van der Waals surface area contributed by atoms with Crippen molar-refractivity contribution in [2.45, 2.75) is 65.5 Å². The second-order valence-corrected chi connectivity index (χ2v) is 6.51. The zero-order valence-electron chi connectivity index (χ0n) is 13.1. The lowest BCUT2D eigenvalue weighted by molar-refractivity contribution is -0.130. The molecular weight excluding hydrogens is 258 g/mol. The molecule has 0 saturated carbocycles. The Morgan fingerprint density at radius 3 is 2.35 bits per heavy atom. The third kappa shape index (κ3) is 4.62. The van der Waals surface area contributed by atoms with Gasteiger partial charge in [-0.3, -0.25) is 9.59 Å². The fourth-order valence-corrected chi connectivity index (χ4v) is 2.53. The number of ether oxygens (including phenoxy) is 1. The first-order valence-corrected chi connectivity index (χ1v) is 7.13. The molecule has 5 nitrogen and oxygen atoms in total. The van der Waals surface area contributed by atoms with Gasteiger partial charge in [0.2, 0.25) is 0 Å². The van der Waals surface area contributed by atoms with E-state index in [0.717, 1.165) is 12.8 Å². The van der Waals surface area contributed by atoms with Gasteiger partial charge in [0, 0.05) is 18.5 Å². The van der Waals surface area contributed by atoms with Gasteiger partial charge in [0.15, 0.2) is 0 Å². The van der Waals surface area contributed by atoms with E-state index in [-0.39, 0.29) is 36.0 Å². The molecule has 0 bridgehead atoms. The maximum atomic E-state index is 12.1. The van der Waals surface area contributed by atoms with Crippen LogP contribution in [0, 0.1) is 5.92 Å². The number of likely N-dealkylation sites (tertiary alicyclic amines) is 1. The van der Waals surface area contributed by atoms with Gasteiger partial charge in [-0.05, 0) is 47.5 Å². The van der Waals surface area contributed by atoms with Gasteiger partial charge in [0.1, 0.15) is 17.2 Å². The number of rotatable bonds is 3. The molecule has 20 heavy (non-hydrogen) atoms. The predicted octanol–water partition coefficient (Wildman–Crippen LogP) is 2.57. The van der Waals surface area contributed by atoms with Crippen molar-refractivity contribution in [3.63, 3.8) is 0 Å². The van der Waals surface area contributed by atoms with Crippen molar-refractivity contribution in [3.05, 3.63) is 0 Å². The van der Waals surface area contributed by atoms with Gasteiger partial charge < -0.3 is 9.64 Å². The van der Waals surface area contributed by atoms with Crippen LogP contribution < -0.4 is 0 Å². The standard InChI is InChI=1S/C15H25NO4/c1-10(17)9-13(18)12-7-6-8-16(11(12)2)14(19)20-15(3,4)5/h11-12H,6-9H2,1-5H3. The summed E-state index contributed by atoms with van der Waals surface area (Å²) in [6.07, 6.45) is 1.06. The molecule has 0 aromatic rings. The number of hydrogen-bond donors (Lipinski definition) is 0. The fourth-order valence-electron chi connectivity index (χ4n) is 2.53. The third-order valence-corrected chi connectivity index (χ3v) is 3.45. The van der Waals surface area contributed by atoms with Gasteiger partial charge in [-0.25, -0.2) is 4.79 Å². The molecule has 1 amide bonds. The summed E-state index contributed by atoms with van der Waals surface area (Å²) in [7, 11) is 0. The molecule has 1 rings (SSSR count). The highest BCUT2D eigenvalue weighted by Crippen LogP contribution is 2.27. The second kappa shape index (κ2) is 6.37. The maximum Gasteiger partial charge on any atom is 0.410 e. The average molecular weight is 283 g/mol. The minimum atomic E-state index is -0.548. The maximum absolute atomic E-state index is 12.1. The van der Waals surface area contributed by atoms with E-state index >= 15 is 0 Å². The van der Waals surface area contributed by atoms with E-state index in [1.807, 2.05) is 27.7 Å². The van der Waals surface area contributed by atoms with Gasteiger partial charge in [-0.1, -0.05) is 0 Å². The van der Waals surface area contributed by atoms with Crippen LogP contribution in [0.4, 0.5) is 4.79 Å². The lowest BCUT2D eigenvalue weighted by Crippen LogP contribution is -2.50. The lowest BCUT2D eigenvalue weighted by Gasteiger charge is -2.39. The molecular formula is C15H25NO4. The molecule has 1 fully saturated rings. The van der Waals surface area contributed by atoms with Crippen molar-refractivity contribution in [2.24, 2.45) is 5.92 Å². The predicted molar refractivity (Wildman–Crippen MR) is 75.4 cm³/mol. The molecule has 0 aromatic heterocycles. The molecule has 0 N–H and O–H groups in total. The highest BCUT2D eigenvalue weighted by Gasteiger charge is 2.37. The molecule has 1 aliphatic rings. The van der Waals surface area contributed by atoms with E-state index in [0.29, 0.717) is 6.54 Å². The third-order valence-electron chi connectivity index (χ3n) is 3.45. The molecule has 0 aliphatic carbocycles. The number of Topliss-reactive ketones (excluding diaryl/α,β-unsaturated/α-hetero) is 2. The second-order valence-electron chi connectivity index (χ2n) is 6.51. The van der Waals surface area contributed by atoms with Crippen LogP contribution in [-0.4, -0.2) is 40.7 Å². The lowest BCUT2D eigenvalue weighted by atomic mass is 9.85. The number of carbonyl (C=O) groups is 3. The number of carbonyl (C=O) groups excluding carboxylic acids is 3. The SMILES string of the molecule is CC(=O)CC(=O)C1CCCN(C(=O)OC(C)(C)C)C1C. The summed E-state index contributed by atoms with van der Waals surface area (Å²) in [4.78, 5) is 36.9. The van der Waals surface area contributed by atoms with E-state index in [1.165, 1.54) is 6.92 Å². The molecule has 1 saturated heterocycles. The molecule has 0 aromatic carbocycles. The Balaban J connectivity index is 2.73. The van der Waals surface area contributed by atoms with Gasteiger partial charge in [0.25, 0.3) is 0 Å². The Morgan fingerprint density at radius 2 is 1.85 bits per heavy atom. The summed E-state index contributed by atoms with van der Waals surface area (Å²) in [5.74, 6) is -0.463. The van der Waals surface area contributed by atoms with Crippen molar-refractivity contribution in [2.75, 3.05) is 6.54 Å². The zero-order valence-corrected chi connectivity index (χ0v) is 13.1. The highest BCUT2D eigenvalue weighted by molar-refractivity contribution is 5.99. The Morgan fingerprint density at radius 1 is 1.25 bits per heavy atom. The Kier molecular flexibility index (Phi) is 5.31. The van der Waals surface area contributed by atoms with E-state index in [4.69, 9.17) is 4.74 Å². The summed E-state index contributed by atoms with van der Waals surface area (Å²) >= 11 is 0. The monoisotopic (exact) mass is 283 g/mol. The first-order chi connectivity index (χ1) is 9.11. The van der Waals surface area contributed by atoms with Crippen LogP contribution in [0.15, 0.2) is 0 Å². The minimum Gasteiger partial charge on any atom is -0.444 e. The Bertz CT molecular complexity index is 397. The van der Waals surface area contributed by atoms with Crippen molar-refractivity contribution < 1.29 is 19.1 Å². The van der Waals surface area contributed by atoms with Crippen molar-refractivity contribution in [1.29, 1.82) is 0 Å². The first-order valence-electron chi connectivity index (χ1n) is 7.13. The smallest absolute Gasteiger partial charge is 0.410 e. The average Bonchev–Trinajstić information content (AvgIpc) is 2.25. The summed E-state index contributed by atoms with van der Waals surface area (Å²) in [6, 6.07) is -0.217. The summed E-state index contributed by atoms with van der Waals surface area (Å²) < 4.78 is 5.37. The van der Waals surface area contributed by atoms with E-state index in [9.17, 15) is 14.4 Å². The molecule has 2 unspecified atom stereocenters. The van der Waals surface area contributed by atoms with Crippen LogP contribution in [0.3, 0.4) is 0 Å². The molecule has 1 heterocycles. The summed E-state index contributed by atoms with van der Waals surface area (Å²) in [5, 5.41) is 0. The van der Waals surface area contributed by atoms with Crippen LogP contribution in [0.25, 0.3) is 0 Å². The van der Waals surface area contributed by atoms with Crippen LogP contribution in [-0.2, 0) is 14.3 Å². The first kappa shape index (κ1) is 16.7. The molecule has 2 atom stereocenters. The van der Waals surface area contributed by atoms with Crippen LogP contribution in [0.1, 0.15) is 53.9 Å². The van der Waals surface area contributed by atoms with Gasteiger partial charge in [-0.2, -0.15) is 0 Å². The van der Waals surface area contributed by atoms with Crippen molar-refractivity contribution >= 4 is 17.7 Å². The van der Waals surface area contributed by atoms with E-state index in [1.54, 1.807) is 4.90 Å². The van der Waals surface area contributed by atoms with Crippen LogP contribution in [0.2, 0.25) is 0 Å². The summed E-state index contributed by atoms with van der Waals surface area (Å²) in [5.41, 5.74) is -0.548. The molecule has 0 spiro atoms. The normalized spacial score (nSPS) is 23.4. The number of ketones is 2. The minimum absolute atomic E-state index is 0.0445. The molecule has 5 heteroatoms. The number of hydrogen-bond acceptors (Lipinski definition) is 4. The van der Waals surface area contributed by atoms with Crippen molar-refractivity contribution in [1.82, 2.24) is 4.90 Å². The molecule has 0 radical (unpaired) electrons. The largest absolute Gasteiger partial charge is 0.444 e. The summed E-state index contributed by atoms with van der Waals surface area (Å²) in [6.45, 7) is 9.32. The van der Waals surface area contributed by atoms with Gasteiger partial charge >= 0.3 is 6.09 Å².